The molecule has 2 aliphatic rings. The first-order valence-electron chi connectivity index (χ1n) is 7.26. The molecule has 2 fully saturated rings. The normalized spacial score (nSPS) is 22.3. The van der Waals surface area contributed by atoms with E-state index in [1.807, 2.05) is 4.90 Å². The maximum absolute atomic E-state index is 8.25. The van der Waals surface area contributed by atoms with Crippen molar-refractivity contribution in [1.29, 1.82) is 0 Å². The van der Waals surface area contributed by atoms with Gasteiger partial charge in [0.25, 0.3) is 0 Å². The molecule has 5 nitrogen and oxygen atoms in total. The van der Waals surface area contributed by atoms with Gasteiger partial charge in [-0.25, -0.2) is 0 Å². The van der Waals surface area contributed by atoms with Gasteiger partial charge in [-0.1, -0.05) is 12.8 Å². The van der Waals surface area contributed by atoms with Crippen LogP contribution in [0, 0.1) is 15.3 Å². The minimum atomic E-state index is -1.75. The van der Waals surface area contributed by atoms with Gasteiger partial charge in [0.2, 0.25) is 0 Å². The topological polar surface area (TPSA) is 70.6 Å². The van der Waals surface area contributed by atoms with Crippen LogP contribution < -0.4 is 4.90 Å². The number of nitrogens with one attached hydrogen (secondary N) is 1. The van der Waals surface area contributed by atoms with Crippen LogP contribution in [-0.2, 0) is 0 Å². The maximum Gasteiger partial charge on any atom is 0.0874 e. The molecule has 5 heteroatoms. The van der Waals surface area contributed by atoms with E-state index in [0.717, 1.165) is 12.1 Å². The predicted molar refractivity (Wildman–Crippen MR) is 71.0 cm³/mol. The van der Waals surface area contributed by atoms with Crippen LogP contribution in [0.4, 0.5) is 0 Å². The summed E-state index contributed by atoms with van der Waals surface area (Å²) in [4.78, 5) is 10.1. The van der Waals surface area contributed by atoms with E-state index in [-0.39, 0.29) is 0 Å². The van der Waals surface area contributed by atoms with E-state index >= 15 is 0 Å². The van der Waals surface area contributed by atoms with Crippen molar-refractivity contribution in [2.75, 3.05) is 7.05 Å². The van der Waals surface area contributed by atoms with E-state index in [1.54, 1.807) is 0 Å². The lowest BCUT2D eigenvalue weighted by Gasteiger charge is -2.36. The highest BCUT2D eigenvalue weighted by atomic mass is 16.9. The zero-order valence-corrected chi connectivity index (χ0v) is 11.4. The molecule has 0 aromatic carbocycles. The van der Waals surface area contributed by atoms with Gasteiger partial charge in [-0.3, -0.25) is 0 Å². The van der Waals surface area contributed by atoms with Crippen LogP contribution in [0.25, 0.3) is 0 Å². The molecule has 0 amide bonds. The highest BCUT2D eigenvalue weighted by Crippen LogP contribution is 2.19. The highest BCUT2D eigenvalue weighted by Gasteiger charge is 2.28. The zero-order chi connectivity index (χ0) is 13.4. The molecule has 0 aromatic heterocycles. The van der Waals surface area contributed by atoms with E-state index < -0.39 is 5.09 Å². The predicted octanol–water partition coefficient (Wildman–Crippen LogP) is 1.93. The summed E-state index contributed by atoms with van der Waals surface area (Å²) in [6.07, 6.45) is 15.0. The van der Waals surface area contributed by atoms with E-state index in [9.17, 15) is 0 Å². The van der Waals surface area contributed by atoms with Crippen molar-refractivity contribution in [1.82, 2.24) is 0 Å². The molecule has 106 valence electrons. The van der Waals surface area contributed by atoms with Gasteiger partial charge in [-0.05, 0) is 51.4 Å². The fourth-order valence-corrected chi connectivity index (χ4v) is 3.45. The molecule has 0 saturated heterocycles. The first-order chi connectivity index (χ1) is 8.61. The van der Waals surface area contributed by atoms with Gasteiger partial charge in [0.1, 0.15) is 0 Å². The lowest BCUT2D eigenvalue weighted by atomic mass is 9.89. The summed E-state index contributed by atoms with van der Waals surface area (Å²) in [5, 5.41) is 14.8. The third-order valence-corrected chi connectivity index (χ3v) is 4.50. The molecule has 18 heavy (non-hydrogen) atoms. The summed E-state index contributed by atoms with van der Waals surface area (Å²) >= 11 is 0. The minimum Gasteiger partial charge on any atom is -0.356 e. The monoisotopic (exact) mass is 258 g/mol. The molecule has 0 aromatic rings. The van der Waals surface area contributed by atoms with Gasteiger partial charge in [0.05, 0.1) is 24.2 Å². The molecule has 0 aliphatic heterocycles. The largest absolute Gasteiger partial charge is 0.356 e. The van der Waals surface area contributed by atoms with E-state index in [0.29, 0.717) is 0 Å². The molecule has 0 atom stereocenters. The zero-order valence-electron chi connectivity index (χ0n) is 11.4. The van der Waals surface area contributed by atoms with Gasteiger partial charge in [-0.2, -0.15) is 0 Å². The van der Waals surface area contributed by atoms with Crippen LogP contribution in [0.2, 0.25) is 0 Å². The lowest BCUT2D eigenvalue weighted by Crippen LogP contribution is -3.16. The molecule has 0 heterocycles. The summed E-state index contributed by atoms with van der Waals surface area (Å²) in [6, 6.07) is 2.01. The smallest absolute Gasteiger partial charge is 0.0874 e. The molecule has 1 N–H and O–H groups in total. The second kappa shape index (κ2) is 8.29. The SMILES string of the molecule is C[NH+](C1CCCCC1)C1CCCCC1.O=[N+]([O-])[O-]. The van der Waals surface area contributed by atoms with Gasteiger partial charge < -0.3 is 20.2 Å². The Morgan fingerprint density at radius 2 is 1.11 bits per heavy atom. The van der Waals surface area contributed by atoms with Crippen molar-refractivity contribution in [3.05, 3.63) is 15.3 Å². The van der Waals surface area contributed by atoms with Crippen molar-refractivity contribution in [2.45, 2.75) is 76.3 Å². The standard InChI is InChI=1S/C13H25N.NO3/c1-14(12-8-4-2-5-9-12)13-10-6-3-7-11-13;2-1(3)4/h12-13H,2-11H2,1H3;/q;-1/p+1. The Labute approximate surface area is 109 Å². The molecular weight excluding hydrogens is 232 g/mol. The van der Waals surface area contributed by atoms with Crippen molar-refractivity contribution < 1.29 is 9.99 Å². The van der Waals surface area contributed by atoms with Crippen molar-refractivity contribution in [2.24, 2.45) is 0 Å². The Balaban J connectivity index is 0.000000357. The van der Waals surface area contributed by atoms with Gasteiger partial charge in [0, 0.05) is 0 Å². The fraction of sp³-hybridized carbons (Fsp3) is 1.00. The van der Waals surface area contributed by atoms with Gasteiger partial charge in [0.15, 0.2) is 0 Å². The number of rotatable bonds is 2. The van der Waals surface area contributed by atoms with Crippen LogP contribution in [0.3, 0.4) is 0 Å². The maximum atomic E-state index is 8.25. The summed E-state index contributed by atoms with van der Waals surface area (Å²) in [6.45, 7) is 0. The summed E-state index contributed by atoms with van der Waals surface area (Å²) in [5.41, 5.74) is 0. The lowest BCUT2D eigenvalue weighted by molar-refractivity contribution is -0.933. The molecule has 0 bridgehead atoms. The van der Waals surface area contributed by atoms with Crippen LogP contribution in [0.5, 0.6) is 0 Å². The van der Waals surface area contributed by atoms with Gasteiger partial charge >= 0.3 is 0 Å². The Hall–Kier alpha value is -0.840. The first-order valence-corrected chi connectivity index (χ1v) is 7.26. The molecular formula is C13H26N2O3. The molecule has 2 rings (SSSR count). The molecule has 0 unspecified atom stereocenters. The number of hydrogen-bond donors (Lipinski definition) is 1. The van der Waals surface area contributed by atoms with Crippen LogP contribution in [0.15, 0.2) is 0 Å². The first kappa shape index (κ1) is 15.2. The van der Waals surface area contributed by atoms with Crippen molar-refractivity contribution in [3.63, 3.8) is 0 Å². The number of hydrogen-bond acceptors (Lipinski definition) is 3. The summed E-state index contributed by atoms with van der Waals surface area (Å²) in [5.74, 6) is 0. The Bertz CT molecular complexity index is 214. The van der Waals surface area contributed by atoms with E-state index in [4.69, 9.17) is 15.3 Å². The quantitative estimate of drug-likeness (QED) is 0.607. The minimum absolute atomic E-state index is 1.01. The number of quaternary nitrogens is 1. The molecule has 2 aliphatic carbocycles. The average Bonchev–Trinajstić information content (AvgIpc) is 2.39. The van der Waals surface area contributed by atoms with E-state index in [1.165, 1.54) is 64.2 Å². The van der Waals surface area contributed by atoms with Crippen molar-refractivity contribution >= 4 is 0 Å². The summed E-state index contributed by atoms with van der Waals surface area (Å²) < 4.78 is 0. The second-order valence-electron chi connectivity index (χ2n) is 5.64. The second-order valence-corrected chi connectivity index (χ2v) is 5.64. The molecule has 0 spiro atoms. The van der Waals surface area contributed by atoms with Crippen LogP contribution in [0.1, 0.15) is 64.2 Å². The van der Waals surface area contributed by atoms with E-state index in [2.05, 4.69) is 7.05 Å². The average molecular weight is 258 g/mol. The Morgan fingerprint density at radius 3 is 1.39 bits per heavy atom. The fourth-order valence-electron chi connectivity index (χ4n) is 3.45. The molecule has 0 radical (unpaired) electrons. The Kier molecular flexibility index (Phi) is 7.01. The third kappa shape index (κ3) is 5.67. The van der Waals surface area contributed by atoms with Crippen LogP contribution in [-0.4, -0.2) is 24.2 Å². The third-order valence-electron chi connectivity index (χ3n) is 4.50. The molecule has 2 saturated carbocycles. The summed E-state index contributed by atoms with van der Waals surface area (Å²) in [7, 11) is 2.46. The van der Waals surface area contributed by atoms with Gasteiger partial charge in [-0.15, -0.1) is 0 Å². The van der Waals surface area contributed by atoms with Crippen molar-refractivity contribution in [3.8, 4) is 0 Å². The van der Waals surface area contributed by atoms with Crippen LogP contribution >= 0.6 is 0 Å². The highest BCUT2D eigenvalue weighted by molar-refractivity contribution is 4.68. The number of nitrogens with zero attached hydrogens (tertiary/aromatic N) is 1. The Morgan fingerprint density at radius 1 is 0.833 bits per heavy atom.